The van der Waals surface area contributed by atoms with Crippen molar-refractivity contribution in [2.75, 3.05) is 6.54 Å². The maximum atomic E-state index is 11.0. The molecule has 4 nitrogen and oxygen atoms in total. The molecule has 0 saturated carbocycles. The van der Waals surface area contributed by atoms with Crippen molar-refractivity contribution in [2.24, 2.45) is 0 Å². The van der Waals surface area contributed by atoms with Gasteiger partial charge in [-0.2, -0.15) is 0 Å². The summed E-state index contributed by atoms with van der Waals surface area (Å²) in [5.74, 6) is 0. The Balaban J connectivity index is 2.93. The summed E-state index contributed by atoms with van der Waals surface area (Å²) in [4.78, 5) is 10.8. The monoisotopic (exact) mass is 234 g/mol. The first kappa shape index (κ1) is 13.4. The summed E-state index contributed by atoms with van der Waals surface area (Å²) in [6.45, 7) is 6.02. The predicted octanol–water partition coefficient (Wildman–Crippen LogP) is 2.56. The van der Waals surface area contributed by atoms with Crippen LogP contribution in [0.5, 0.6) is 0 Å². The van der Waals surface area contributed by atoms with Gasteiger partial charge in [0.2, 0.25) is 6.04 Å². The Kier molecular flexibility index (Phi) is 5.36. The lowest BCUT2D eigenvalue weighted by atomic mass is 9.98. The van der Waals surface area contributed by atoms with Crippen LogP contribution in [0.2, 0.25) is 0 Å². The van der Waals surface area contributed by atoms with E-state index in [0.29, 0.717) is 13.0 Å². The summed E-state index contributed by atoms with van der Waals surface area (Å²) in [7, 11) is 0. The molecule has 0 amide bonds. The van der Waals surface area contributed by atoms with Gasteiger partial charge in [-0.25, -0.2) is 0 Å². The van der Waals surface area contributed by atoms with Gasteiger partial charge in [-0.05, 0) is 5.56 Å². The van der Waals surface area contributed by atoms with E-state index in [4.69, 9.17) is 0 Å². The van der Waals surface area contributed by atoms with E-state index in [1.807, 2.05) is 37.3 Å². The maximum absolute atomic E-state index is 11.0. The molecule has 0 radical (unpaired) electrons. The van der Waals surface area contributed by atoms with E-state index in [2.05, 4.69) is 11.9 Å². The van der Waals surface area contributed by atoms with Crippen molar-refractivity contribution in [1.29, 1.82) is 0 Å². The highest BCUT2D eigenvalue weighted by molar-refractivity contribution is 5.20. The third-order valence-corrected chi connectivity index (χ3v) is 2.71. The fourth-order valence-corrected chi connectivity index (χ4v) is 1.85. The minimum absolute atomic E-state index is 0.215. The van der Waals surface area contributed by atoms with E-state index in [1.165, 1.54) is 0 Å². The smallest absolute Gasteiger partial charge is 0.232 e. The fraction of sp³-hybridized carbons (Fsp3) is 0.385. The topological polar surface area (TPSA) is 55.2 Å². The van der Waals surface area contributed by atoms with Gasteiger partial charge >= 0.3 is 0 Å². The molecule has 0 aliphatic rings. The Bertz CT molecular complexity index is 365. The molecule has 4 heteroatoms. The van der Waals surface area contributed by atoms with Crippen molar-refractivity contribution >= 4 is 0 Å². The summed E-state index contributed by atoms with van der Waals surface area (Å²) >= 11 is 0. The van der Waals surface area contributed by atoms with Crippen molar-refractivity contribution in [3.05, 3.63) is 58.7 Å². The Labute approximate surface area is 101 Å². The summed E-state index contributed by atoms with van der Waals surface area (Å²) in [5, 5.41) is 14.2. The van der Waals surface area contributed by atoms with Crippen molar-refractivity contribution < 1.29 is 4.92 Å². The molecule has 1 aromatic rings. The van der Waals surface area contributed by atoms with Crippen LogP contribution in [0.3, 0.4) is 0 Å². The summed E-state index contributed by atoms with van der Waals surface area (Å²) < 4.78 is 0. The summed E-state index contributed by atoms with van der Waals surface area (Å²) in [5.41, 5.74) is 0.943. The first-order chi connectivity index (χ1) is 8.20. The van der Waals surface area contributed by atoms with Crippen molar-refractivity contribution in [3.8, 4) is 0 Å². The lowest BCUT2D eigenvalue weighted by molar-refractivity contribution is -0.528. The molecule has 0 spiro atoms. The third-order valence-electron chi connectivity index (χ3n) is 2.71. The van der Waals surface area contributed by atoms with Gasteiger partial charge in [-0.15, -0.1) is 6.58 Å². The molecule has 1 N–H and O–H groups in total. The number of nitrogens with one attached hydrogen (secondary N) is 1. The molecule has 1 rings (SSSR count). The third kappa shape index (κ3) is 3.67. The highest BCUT2D eigenvalue weighted by Gasteiger charge is 2.30. The lowest BCUT2D eigenvalue weighted by Gasteiger charge is -2.21. The zero-order valence-electron chi connectivity index (χ0n) is 10.0. The zero-order chi connectivity index (χ0) is 12.7. The van der Waals surface area contributed by atoms with Crippen LogP contribution >= 0.6 is 0 Å². The summed E-state index contributed by atoms with van der Waals surface area (Å²) in [6.07, 6.45) is 2.21. The second-order valence-electron chi connectivity index (χ2n) is 3.85. The molecule has 0 fully saturated rings. The number of rotatable bonds is 7. The molecule has 0 heterocycles. The molecule has 1 aromatic carbocycles. The number of benzene rings is 1. The van der Waals surface area contributed by atoms with Crippen LogP contribution in [-0.2, 0) is 0 Å². The van der Waals surface area contributed by atoms with E-state index in [9.17, 15) is 10.1 Å². The Morgan fingerprint density at radius 3 is 2.59 bits per heavy atom. The SMILES string of the molecule is C=CCN[C@@H](c1ccccc1)[C@@H](CC)[N+](=O)[O-]. The molecule has 17 heavy (non-hydrogen) atoms. The predicted molar refractivity (Wildman–Crippen MR) is 68.5 cm³/mol. The van der Waals surface area contributed by atoms with Gasteiger partial charge in [0.25, 0.3) is 0 Å². The summed E-state index contributed by atoms with van der Waals surface area (Å²) in [6, 6.07) is 8.63. The second kappa shape index (κ2) is 6.81. The number of nitrogens with zero attached hydrogens (tertiary/aromatic N) is 1. The molecule has 0 bridgehead atoms. The molecule has 0 saturated heterocycles. The van der Waals surface area contributed by atoms with Crippen LogP contribution in [0.1, 0.15) is 24.9 Å². The molecule has 0 aromatic heterocycles. The molecule has 0 aliphatic heterocycles. The highest BCUT2D eigenvalue weighted by atomic mass is 16.6. The first-order valence-corrected chi connectivity index (χ1v) is 5.73. The number of hydrogen-bond donors (Lipinski definition) is 1. The Morgan fingerprint density at radius 1 is 1.47 bits per heavy atom. The van der Waals surface area contributed by atoms with Gasteiger partial charge in [0, 0.05) is 17.9 Å². The van der Waals surface area contributed by atoms with Gasteiger partial charge in [0.15, 0.2) is 0 Å². The normalized spacial score (nSPS) is 13.9. The molecule has 0 unspecified atom stereocenters. The quantitative estimate of drug-likeness (QED) is 0.448. The standard InChI is InChI=1S/C13H18N2O2/c1-3-10-14-13(12(4-2)15(16)17)11-8-6-5-7-9-11/h3,5-9,12-14H,1,4,10H2,2H3/t12-,13+/m1/s1. The Hall–Kier alpha value is -1.68. The average Bonchev–Trinajstić information content (AvgIpc) is 2.35. The van der Waals surface area contributed by atoms with Gasteiger partial charge in [0.1, 0.15) is 6.04 Å². The van der Waals surface area contributed by atoms with Crippen LogP contribution < -0.4 is 5.32 Å². The zero-order valence-corrected chi connectivity index (χ0v) is 10.0. The molecule has 92 valence electrons. The van der Waals surface area contributed by atoms with E-state index < -0.39 is 6.04 Å². The number of hydrogen-bond acceptors (Lipinski definition) is 3. The molecular weight excluding hydrogens is 216 g/mol. The highest BCUT2D eigenvalue weighted by Crippen LogP contribution is 2.20. The van der Waals surface area contributed by atoms with Gasteiger partial charge < -0.3 is 5.32 Å². The molecule has 0 aliphatic carbocycles. The van der Waals surface area contributed by atoms with Crippen LogP contribution in [-0.4, -0.2) is 17.5 Å². The van der Waals surface area contributed by atoms with Crippen LogP contribution in [0, 0.1) is 10.1 Å². The lowest BCUT2D eigenvalue weighted by Crippen LogP contribution is -2.36. The van der Waals surface area contributed by atoms with Gasteiger partial charge in [-0.1, -0.05) is 43.3 Å². The average molecular weight is 234 g/mol. The maximum Gasteiger partial charge on any atom is 0.232 e. The second-order valence-corrected chi connectivity index (χ2v) is 3.85. The van der Waals surface area contributed by atoms with Crippen molar-refractivity contribution in [2.45, 2.75) is 25.4 Å². The van der Waals surface area contributed by atoms with E-state index >= 15 is 0 Å². The largest absolute Gasteiger partial charge is 0.301 e. The molecular formula is C13H18N2O2. The number of nitro groups is 1. The van der Waals surface area contributed by atoms with Gasteiger partial charge in [0.05, 0.1) is 0 Å². The van der Waals surface area contributed by atoms with E-state index in [-0.39, 0.29) is 11.0 Å². The van der Waals surface area contributed by atoms with Crippen LogP contribution in [0.15, 0.2) is 43.0 Å². The van der Waals surface area contributed by atoms with Crippen LogP contribution in [0.25, 0.3) is 0 Å². The minimum atomic E-state index is -0.614. The minimum Gasteiger partial charge on any atom is -0.301 e. The molecule has 2 atom stereocenters. The van der Waals surface area contributed by atoms with Crippen molar-refractivity contribution in [3.63, 3.8) is 0 Å². The Morgan fingerprint density at radius 2 is 2.12 bits per heavy atom. The van der Waals surface area contributed by atoms with Gasteiger partial charge in [-0.3, -0.25) is 10.1 Å². The fourth-order valence-electron chi connectivity index (χ4n) is 1.85. The van der Waals surface area contributed by atoms with Crippen LogP contribution in [0.4, 0.5) is 0 Å². The van der Waals surface area contributed by atoms with E-state index in [1.54, 1.807) is 6.08 Å². The first-order valence-electron chi connectivity index (χ1n) is 5.73. The van der Waals surface area contributed by atoms with Crippen molar-refractivity contribution in [1.82, 2.24) is 5.32 Å². The van der Waals surface area contributed by atoms with E-state index in [0.717, 1.165) is 5.56 Å².